The zero-order valence-corrected chi connectivity index (χ0v) is 29.6. The van der Waals surface area contributed by atoms with Gasteiger partial charge in [-0.2, -0.15) is 0 Å². The fourth-order valence-electron chi connectivity index (χ4n) is 2.19. The molecule has 4 aromatic carbocycles. The van der Waals surface area contributed by atoms with E-state index in [2.05, 4.69) is 84.9 Å². The average Bonchev–Trinajstić information content (AvgIpc) is 2.80. The van der Waals surface area contributed by atoms with Crippen molar-refractivity contribution in [3.8, 4) is 0 Å². The smallest absolute Gasteiger partial charge is 0.0619 e. The Morgan fingerprint density at radius 1 is 0.405 bits per heavy atom. The normalized spacial score (nSPS) is 14.4. The maximum absolute atomic E-state index is 11.2. The summed E-state index contributed by atoms with van der Waals surface area (Å²) < 4.78 is 124. The molecule has 0 saturated heterocycles. The second kappa shape index (κ2) is 13.8. The Bertz CT molecular complexity index is 1260. The molecule has 18 heteroatoms. The summed E-state index contributed by atoms with van der Waals surface area (Å²) in [4.78, 5) is 0. The molecule has 0 unspecified atom stereocenters. The van der Waals surface area contributed by atoms with Crippen molar-refractivity contribution in [3.63, 3.8) is 0 Å². The SMILES string of the molecule is Clc1ccc([I+]c2ccc(Cl)cc2)cc1.F[P-](F)(F)(F)(F)F.[F][Sb-]([F])([F])([F])([F])[F].c1ccc([I+]c2ccccc2)cc1. The van der Waals surface area contributed by atoms with E-state index in [0.29, 0.717) is 0 Å². The molecule has 0 fully saturated rings. The van der Waals surface area contributed by atoms with Crippen LogP contribution in [-0.4, -0.2) is 19.5 Å². The number of benzene rings is 4. The second-order valence-corrected chi connectivity index (χ2v) is 21.9. The molecule has 236 valence electrons. The van der Waals surface area contributed by atoms with Crippen LogP contribution in [0.5, 0.6) is 0 Å². The van der Waals surface area contributed by atoms with Crippen molar-refractivity contribution in [1.29, 1.82) is 0 Å². The van der Waals surface area contributed by atoms with E-state index in [1.807, 2.05) is 24.3 Å². The first-order chi connectivity index (χ1) is 18.6. The van der Waals surface area contributed by atoms with Crippen LogP contribution in [0.1, 0.15) is 0 Å². The fraction of sp³-hybridized carbons (Fsp3) is 0. The molecule has 0 aliphatic rings. The first-order valence-corrected chi connectivity index (χ1v) is 23.5. The molecule has 0 amide bonds. The summed E-state index contributed by atoms with van der Waals surface area (Å²) in [7, 11) is -10.7. The second-order valence-electron chi connectivity index (χ2n) is 7.57. The third kappa shape index (κ3) is 30.8. The minimum Gasteiger partial charge on any atom is -0.0619 e. The summed E-state index contributed by atoms with van der Waals surface area (Å²) in [6.07, 6.45) is 0. The average molecular weight is 1010 g/mol. The van der Waals surface area contributed by atoms with Gasteiger partial charge in [-0.15, -0.1) is 0 Å². The molecule has 0 N–H and O–H groups in total. The molecule has 0 atom stereocenters. The van der Waals surface area contributed by atoms with Crippen LogP contribution in [0.4, 0.5) is 42.1 Å². The van der Waals surface area contributed by atoms with E-state index >= 15 is 0 Å². The van der Waals surface area contributed by atoms with Gasteiger partial charge in [-0.1, -0.05) is 59.6 Å². The minimum absolute atomic E-state index is 0.0287. The Morgan fingerprint density at radius 3 is 0.810 bits per heavy atom. The molecule has 0 nitrogen and oxygen atoms in total. The molecule has 4 aromatic rings. The van der Waals surface area contributed by atoms with E-state index in [9.17, 15) is 42.1 Å². The molecule has 0 aliphatic carbocycles. The van der Waals surface area contributed by atoms with Crippen molar-refractivity contribution < 1.29 is 84.5 Å². The van der Waals surface area contributed by atoms with Crippen molar-refractivity contribution in [2.75, 3.05) is 0 Å². The van der Waals surface area contributed by atoms with Crippen molar-refractivity contribution >= 4 is 50.5 Å². The van der Waals surface area contributed by atoms with Gasteiger partial charge in [0.15, 0.2) is 14.3 Å². The molecule has 0 aliphatic heterocycles. The predicted octanol–water partition coefficient (Wildman–Crippen LogP) is 6.46. The first-order valence-electron chi connectivity index (χ1n) is 10.6. The summed E-state index contributed by atoms with van der Waals surface area (Å²) in [5.41, 5.74) is 0. The zero-order valence-electron chi connectivity index (χ0n) is 20.3. The van der Waals surface area contributed by atoms with E-state index < -0.39 is 27.3 Å². The Balaban J connectivity index is 0.000000298. The van der Waals surface area contributed by atoms with Crippen LogP contribution in [0, 0.1) is 14.3 Å². The number of hydrogen-bond donors (Lipinski definition) is 0. The number of hydrogen-bond acceptors (Lipinski definition) is 0. The van der Waals surface area contributed by atoms with E-state index in [0.717, 1.165) is 10.0 Å². The minimum atomic E-state index is -11.2. The van der Waals surface area contributed by atoms with E-state index in [1.165, 1.54) is 14.3 Å². The van der Waals surface area contributed by atoms with Crippen molar-refractivity contribution in [3.05, 3.63) is 134 Å². The summed E-state index contributed by atoms with van der Waals surface area (Å²) in [5, 5.41) is 1.58. The Kier molecular flexibility index (Phi) is 12.9. The van der Waals surface area contributed by atoms with Gasteiger partial charge in [0.25, 0.3) is 0 Å². The van der Waals surface area contributed by atoms with Gasteiger partial charge in [0, 0.05) is 10.0 Å². The maximum Gasteiger partial charge on any atom is 0.357 e. The monoisotopic (exact) mass is 1010 g/mol. The van der Waals surface area contributed by atoms with Gasteiger partial charge in [-0.05, 0) is 72.8 Å². The molecule has 0 saturated carbocycles. The van der Waals surface area contributed by atoms with Crippen LogP contribution in [0.15, 0.2) is 109 Å². The van der Waals surface area contributed by atoms with Gasteiger partial charge in [0.1, 0.15) is 0 Å². The molecule has 0 radical (unpaired) electrons. The third-order valence-electron chi connectivity index (χ3n) is 3.51. The molecular weight excluding hydrogens is 994 g/mol. The van der Waals surface area contributed by atoms with Gasteiger partial charge in [-0.3, -0.25) is 0 Å². The van der Waals surface area contributed by atoms with Crippen molar-refractivity contribution in [1.82, 2.24) is 0 Å². The topological polar surface area (TPSA) is 0 Å². The summed E-state index contributed by atoms with van der Waals surface area (Å²) in [5.74, 6) is 0. The Morgan fingerprint density at radius 2 is 0.595 bits per heavy atom. The number of rotatable bonds is 4. The van der Waals surface area contributed by atoms with Crippen LogP contribution < -0.4 is 42.4 Å². The van der Waals surface area contributed by atoms with Crippen molar-refractivity contribution in [2.45, 2.75) is 0 Å². The van der Waals surface area contributed by atoms with E-state index in [1.54, 1.807) is 0 Å². The predicted molar refractivity (Wildman–Crippen MR) is 137 cm³/mol. The molecule has 0 heterocycles. The van der Waals surface area contributed by atoms with Crippen LogP contribution in [0.2, 0.25) is 10.0 Å². The quantitative estimate of drug-likeness (QED) is 0.0955. The zero-order chi connectivity index (χ0) is 32.4. The summed E-state index contributed by atoms with van der Waals surface area (Å²) in [6.45, 7) is 0. The largest absolute Gasteiger partial charge is 0.357 e. The molecule has 42 heavy (non-hydrogen) atoms. The maximum atomic E-state index is 9.93. The van der Waals surface area contributed by atoms with Crippen LogP contribution >= 0.6 is 31.0 Å². The van der Waals surface area contributed by atoms with Gasteiger partial charge < -0.3 is 0 Å². The van der Waals surface area contributed by atoms with Gasteiger partial charge in [0.05, 0.1) is 0 Å². The van der Waals surface area contributed by atoms with Crippen molar-refractivity contribution in [2.24, 2.45) is 0 Å². The molecular formula is C24H18Cl2F12I2PSb. The summed E-state index contributed by atoms with van der Waals surface area (Å²) in [6, 6.07) is 37.5. The molecule has 0 aromatic heterocycles. The first kappa shape index (κ1) is 39.4. The van der Waals surface area contributed by atoms with Crippen LogP contribution in [0.3, 0.4) is 0 Å². The van der Waals surface area contributed by atoms with E-state index in [-0.39, 0.29) is 42.4 Å². The third-order valence-corrected chi connectivity index (χ3v) is 9.38. The van der Waals surface area contributed by atoms with E-state index in [4.69, 9.17) is 23.2 Å². The molecule has 4 rings (SSSR count). The van der Waals surface area contributed by atoms with Gasteiger partial charge >= 0.3 is 112 Å². The van der Waals surface area contributed by atoms with Gasteiger partial charge in [-0.25, -0.2) is 0 Å². The summed E-state index contributed by atoms with van der Waals surface area (Å²) >= 11 is 0.325. The fourth-order valence-corrected chi connectivity index (χ4v) is 6.87. The van der Waals surface area contributed by atoms with Crippen LogP contribution in [-0.2, 0) is 0 Å². The standard InChI is InChI=1S/C12H8Cl2I.C12H10I.F6P.6FH.Sb/c13-9-1-5-11(6-2-9)15-12-7-3-10(14)4-8-12;1-3-7-11(8-4-1)13-12-9-5-2-6-10-12;1-7(2,3,4,5)6;;;;;;;/h1-8H;1-10H;;6*1H;/q2*+1;-1;;;;;;;+5/p-6. The molecule has 0 spiro atoms. The number of halogens is 16. The van der Waals surface area contributed by atoms with Gasteiger partial charge in [0.2, 0.25) is 0 Å². The molecule has 0 bridgehead atoms. The Labute approximate surface area is 266 Å². The van der Waals surface area contributed by atoms with Crippen LogP contribution in [0.25, 0.3) is 0 Å². The Hall–Kier alpha value is -0.672.